The molecule has 4 rings (SSSR count). The lowest BCUT2D eigenvalue weighted by Crippen LogP contribution is -2.62. The zero-order valence-corrected chi connectivity index (χ0v) is 28.9. The van der Waals surface area contributed by atoms with Gasteiger partial charge in [0.25, 0.3) is 0 Å². The molecular formula is C36H44N8O8. The number of likely N-dealkylation sites (N-methyl/N-ethyl adjacent to an activating group) is 1. The molecule has 1 aliphatic rings. The van der Waals surface area contributed by atoms with Gasteiger partial charge in [-0.15, -0.1) is 0 Å². The van der Waals surface area contributed by atoms with E-state index in [4.69, 9.17) is 16.2 Å². The van der Waals surface area contributed by atoms with Gasteiger partial charge in [-0.1, -0.05) is 48.5 Å². The summed E-state index contributed by atoms with van der Waals surface area (Å²) in [7, 11) is 1.33. The van der Waals surface area contributed by atoms with E-state index in [9.17, 15) is 33.6 Å². The molecule has 1 fully saturated rings. The van der Waals surface area contributed by atoms with E-state index in [-0.39, 0.29) is 44.8 Å². The number of nitrogens with one attached hydrogen (secondary N) is 4. The van der Waals surface area contributed by atoms with E-state index in [0.29, 0.717) is 12.0 Å². The first kappa shape index (κ1) is 38.9. The number of primary amides is 2. The molecule has 1 aliphatic heterocycles. The number of fused-ring (bicyclic) bond motifs is 1. The summed E-state index contributed by atoms with van der Waals surface area (Å²) in [6.45, 7) is -0.605. The maximum absolute atomic E-state index is 13.5. The minimum atomic E-state index is -1.51. The number of carbonyl (C=O) groups excluding carboxylic acids is 7. The van der Waals surface area contributed by atoms with Crippen LogP contribution in [0.2, 0.25) is 0 Å². The highest BCUT2D eigenvalue weighted by Crippen LogP contribution is 2.22. The maximum atomic E-state index is 13.5. The Bertz CT molecular complexity index is 1780. The Morgan fingerprint density at radius 1 is 0.865 bits per heavy atom. The van der Waals surface area contributed by atoms with Crippen molar-refractivity contribution >= 4 is 52.1 Å². The summed E-state index contributed by atoms with van der Waals surface area (Å²) in [4.78, 5) is 94.6. The number of hydrogen-bond acceptors (Lipinski definition) is 9. The van der Waals surface area contributed by atoms with Crippen molar-refractivity contribution in [2.45, 2.75) is 56.1 Å². The number of rotatable bonds is 17. The molecule has 52 heavy (non-hydrogen) atoms. The second-order valence-corrected chi connectivity index (χ2v) is 12.7. The quantitative estimate of drug-likeness (QED) is 0.1000. The predicted molar refractivity (Wildman–Crippen MR) is 189 cm³/mol. The number of aromatic nitrogens is 1. The first-order chi connectivity index (χ1) is 24.8. The average Bonchev–Trinajstić information content (AvgIpc) is 3.12. The Morgan fingerprint density at radius 2 is 1.60 bits per heavy atom. The number of carbonyl (C=O) groups is 7. The van der Waals surface area contributed by atoms with Crippen molar-refractivity contribution in [2.24, 2.45) is 11.5 Å². The molecule has 16 nitrogen and oxygen atoms in total. The molecule has 1 saturated heterocycles. The SMILES string of the molecule is CN(CC(N)=O)C(=O)[C@H](Cc1cccnc1)NC(=O)[C@H](CC(N)=O)NC(=O)CNC(=O)C1(NC(=O)CCc2ccc3ccccc3c2)CCOCC1. The second kappa shape index (κ2) is 18.4. The summed E-state index contributed by atoms with van der Waals surface area (Å²) in [6.07, 6.45) is 3.29. The number of nitrogens with two attached hydrogens (primary N) is 2. The Labute approximate surface area is 300 Å². The van der Waals surface area contributed by atoms with Crippen LogP contribution in [0.25, 0.3) is 10.8 Å². The molecule has 0 aliphatic carbocycles. The lowest BCUT2D eigenvalue weighted by Gasteiger charge is -2.36. The fraction of sp³-hybridized carbons (Fsp3) is 0.389. The Morgan fingerprint density at radius 3 is 2.27 bits per heavy atom. The molecule has 2 aromatic carbocycles. The van der Waals surface area contributed by atoms with Gasteiger partial charge >= 0.3 is 0 Å². The minimum Gasteiger partial charge on any atom is -0.381 e. The Kier molecular flexibility index (Phi) is 13.7. The summed E-state index contributed by atoms with van der Waals surface area (Å²) in [5, 5.41) is 12.5. The van der Waals surface area contributed by atoms with Gasteiger partial charge in [0.1, 0.15) is 17.6 Å². The molecule has 2 heterocycles. The third-order valence-electron chi connectivity index (χ3n) is 8.63. The molecule has 8 N–H and O–H groups in total. The van der Waals surface area contributed by atoms with Gasteiger partial charge in [-0.2, -0.15) is 0 Å². The van der Waals surface area contributed by atoms with Gasteiger partial charge < -0.3 is 42.4 Å². The monoisotopic (exact) mass is 716 g/mol. The van der Waals surface area contributed by atoms with Crippen molar-refractivity contribution in [1.29, 1.82) is 0 Å². The number of ether oxygens (including phenoxy) is 1. The molecule has 0 radical (unpaired) electrons. The van der Waals surface area contributed by atoms with Crippen LogP contribution >= 0.6 is 0 Å². The molecule has 2 atom stereocenters. The van der Waals surface area contributed by atoms with Gasteiger partial charge in [0.2, 0.25) is 41.4 Å². The highest BCUT2D eigenvalue weighted by molar-refractivity contribution is 5.97. The number of nitrogens with zero attached hydrogens (tertiary/aromatic N) is 2. The maximum Gasteiger partial charge on any atom is 0.246 e. The van der Waals surface area contributed by atoms with E-state index < -0.39 is 72.6 Å². The standard InChI is InChI=1S/C36H44N8O8/c1-44(22-30(38)46)34(50)28(18-24-5-4-14-39-20-24)42-33(49)27(19-29(37)45)41-32(48)21-40-35(51)36(12-15-52-16-13-36)43-31(47)11-9-23-8-10-25-6-2-3-7-26(25)17-23/h2-8,10,14,17,20,27-28H,9,11-13,15-16,18-19,21-22H2,1H3,(H2,37,45)(H2,38,46)(H,40,51)(H,41,48)(H,42,49)(H,43,47)/t27-,28-/m0/s1. The predicted octanol–water partition coefficient (Wildman–Crippen LogP) is -1.02. The van der Waals surface area contributed by atoms with E-state index in [1.807, 2.05) is 42.5 Å². The smallest absolute Gasteiger partial charge is 0.246 e. The molecule has 0 bridgehead atoms. The first-order valence-corrected chi connectivity index (χ1v) is 16.8. The van der Waals surface area contributed by atoms with Gasteiger partial charge in [-0.3, -0.25) is 38.5 Å². The topological polar surface area (TPSA) is 245 Å². The first-order valence-electron chi connectivity index (χ1n) is 16.8. The molecule has 7 amide bonds. The van der Waals surface area contributed by atoms with Crippen LogP contribution < -0.4 is 32.7 Å². The van der Waals surface area contributed by atoms with E-state index in [2.05, 4.69) is 26.3 Å². The van der Waals surface area contributed by atoms with Crippen LogP contribution in [0.15, 0.2) is 67.0 Å². The van der Waals surface area contributed by atoms with Crippen molar-refractivity contribution in [3.05, 3.63) is 78.1 Å². The molecule has 16 heteroatoms. The van der Waals surface area contributed by atoms with E-state index in [1.165, 1.54) is 19.4 Å². The Balaban J connectivity index is 1.37. The zero-order valence-electron chi connectivity index (χ0n) is 28.9. The normalized spacial score (nSPS) is 14.6. The number of aryl methyl sites for hydroxylation is 1. The van der Waals surface area contributed by atoms with Crippen molar-refractivity contribution in [3.8, 4) is 0 Å². The van der Waals surface area contributed by atoms with E-state index in [0.717, 1.165) is 21.2 Å². The summed E-state index contributed by atoms with van der Waals surface area (Å²) in [5.41, 5.74) is 10.8. The molecular weight excluding hydrogens is 672 g/mol. The van der Waals surface area contributed by atoms with Crippen LogP contribution in [-0.2, 0) is 51.1 Å². The van der Waals surface area contributed by atoms with Crippen molar-refractivity contribution < 1.29 is 38.3 Å². The van der Waals surface area contributed by atoms with Gasteiger partial charge in [0, 0.05) is 58.3 Å². The zero-order chi connectivity index (χ0) is 37.7. The second-order valence-electron chi connectivity index (χ2n) is 12.7. The van der Waals surface area contributed by atoms with Crippen molar-refractivity contribution in [2.75, 3.05) is 33.4 Å². The van der Waals surface area contributed by atoms with Crippen LogP contribution in [0.3, 0.4) is 0 Å². The van der Waals surface area contributed by atoms with Gasteiger partial charge in [-0.05, 0) is 34.4 Å². The minimum absolute atomic E-state index is 0.0331. The summed E-state index contributed by atoms with van der Waals surface area (Å²) < 4.78 is 5.44. The summed E-state index contributed by atoms with van der Waals surface area (Å²) in [6, 6.07) is 14.4. The van der Waals surface area contributed by atoms with Crippen molar-refractivity contribution in [3.63, 3.8) is 0 Å². The van der Waals surface area contributed by atoms with Crippen LogP contribution in [-0.4, -0.2) is 102 Å². The molecule has 0 unspecified atom stereocenters. The average molecular weight is 717 g/mol. The fourth-order valence-corrected chi connectivity index (χ4v) is 5.90. The molecule has 276 valence electrons. The number of pyridine rings is 1. The molecule has 1 aromatic heterocycles. The van der Waals surface area contributed by atoms with E-state index >= 15 is 0 Å². The van der Waals surface area contributed by atoms with E-state index in [1.54, 1.807) is 12.1 Å². The number of hydrogen-bond donors (Lipinski definition) is 6. The van der Waals surface area contributed by atoms with Gasteiger partial charge in [0.05, 0.1) is 19.5 Å². The van der Waals surface area contributed by atoms with Gasteiger partial charge in [-0.25, -0.2) is 0 Å². The third kappa shape index (κ3) is 11.3. The highest BCUT2D eigenvalue weighted by Gasteiger charge is 2.41. The number of amides is 7. The van der Waals surface area contributed by atoms with Crippen LogP contribution in [0, 0.1) is 0 Å². The summed E-state index contributed by atoms with van der Waals surface area (Å²) in [5.74, 6) is -5.04. The Hall–Kier alpha value is -5.90. The molecule has 3 aromatic rings. The van der Waals surface area contributed by atoms with Crippen LogP contribution in [0.4, 0.5) is 0 Å². The van der Waals surface area contributed by atoms with Gasteiger partial charge in [0.15, 0.2) is 0 Å². The fourth-order valence-electron chi connectivity index (χ4n) is 5.90. The number of benzene rings is 2. The van der Waals surface area contributed by atoms with Crippen LogP contribution in [0.5, 0.6) is 0 Å². The molecule has 0 saturated carbocycles. The highest BCUT2D eigenvalue weighted by atomic mass is 16.5. The van der Waals surface area contributed by atoms with Crippen LogP contribution in [0.1, 0.15) is 36.8 Å². The van der Waals surface area contributed by atoms with Crippen molar-refractivity contribution in [1.82, 2.24) is 31.2 Å². The third-order valence-corrected chi connectivity index (χ3v) is 8.63. The molecule has 0 spiro atoms. The summed E-state index contributed by atoms with van der Waals surface area (Å²) >= 11 is 0. The lowest BCUT2D eigenvalue weighted by atomic mass is 9.88. The lowest BCUT2D eigenvalue weighted by molar-refractivity contribution is -0.139. The largest absolute Gasteiger partial charge is 0.381 e.